The van der Waals surface area contributed by atoms with Gasteiger partial charge in [-0.25, -0.2) is 4.98 Å². The summed E-state index contributed by atoms with van der Waals surface area (Å²) in [5.41, 5.74) is 15.4. The highest BCUT2D eigenvalue weighted by Crippen LogP contribution is 2.41. The van der Waals surface area contributed by atoms with E-state index in [9.17, 15) is 0 Å². The Bertz CT molecular complexity index is 2600. The van der Waals surface area contributed by atoms with E-state index in [1.807, 2.05) is 12.3 Å². The highest BCUT2D eigenvalue weighted by molar-refractivity contribution is 6.11. The zero-order valence-electron chi connectivity index (χ0n) is 32.8. The molecule has 1 N–H and O–H groups in total. The Morgan fingerprint density at radius 1 is 0.444 bits per heavy atom. The first-order chi connectivity index (χ1) is 25.8. The average Bonchev–Trinajstić information content (AvgIpc) is 3.56. The summed E-state index contributed by atoms with van der Waals surface area (Å²) in [6.07, 6.45) is 1.89. The van der Waals surface area contributed by atoms with Gasteiger partial charge in [0, 0.05) is 39.0 Å². The summed E-state index contributed by atoms with van der Waals surface area (Å²) < 4.78 is 0. The second-order valence-electron chi connectivity index (χ2n) is 17.3. The third-order valence-corrected chi connectivity index (χ3v) is 11.0. The Morgan fingerprint density at radius 2 is 1.04 bits per heavy atom. The van der Waals surface area contributed by atoms with E-state index < -0.39 is 0 Å². The lowest BCUT2D eigenvalue weighted by Gasteiger charge is -2.27. The fourth-order valence-corrected chi connectivity index (χ4v) is 7.54. The highest BCUT2D eigenvalue weighted by Gasteiger charge is 2.27. The second kappa shape index (κ2) is 13.2. The van der Waals surface area contributed by atoms with E-state index in [1.54, 1.807) is 0 Å². The van der Waals surface area contributed by atoms with Gasteiger partial charge in [0.25, 0.3) is 0 Å². The number of pyridine rings is 2. The first-order valence-corrected chi connectivity index (χ1v) is 19.1. The minimum Gasteiger partial charge on any atom is -0.354 e. The van der Waals surface area contributed by atoms with E-state index >= 15 is 0 Å². The van der Waals surface area contributed by atoms with Gasteiger partial charge in [-0.05, 0) is 92.2 Å². The molecule has 8 aromatic rings. The fourth-order valence-electron chi connectivity index (χ4n) is 7.54. The molecule has 3 nitrogen and oxygen atoms in total. The molecule has 3 heterocycles. The molecular weight excluding hydrogens is 655 g/mol. The third-order valence-electron chi connectivity index (χ3n) is 11.0. The Hall–Kier alpha value is -5.80. The third kappa shape index (κ3) is 6.64. The van der Waals surface area contributed by atoms with Gasteiger partial charge in [-0.2, -0.15) is 0 Å². The van der Waals surface area contributed by atoms with Crippen LogP contribution in [0.25, 0.3) is 66.6 Å². The molecule has 0 fully saturated rings. The first-order valence-electron chi connectivity index (χ1n) is 19.1. The number of para-hydroxylation sites is 2. The molecule has 3 aromatic heterocycles. The zero-order chi connectivity index (χ0) is 37.8. The van der Waals surface area contributed by atoms with Gasteiger partial charge in [0.2, 0.25) is 0 Å². The van der Waals surface area contributed by atoms with Gasteiger partial charge in [0.05, 0.1) is 22.6 Å². The normalized spacial score (nSPS) is 12.4. The Labute approximate surface area is 320 Å². The van der Waals surface area contributed by atoms with Crippen LogP contribution in [0.2, 0.25) is 0 Å². The number of benzene rings is 5. The van der Waals surface area contributed by atoms with Crippen LogP contribution < -0.4 is 0 Å². The molecule has 0 unspecified atom stereocenters. The number of fused-ring (bicyclic) bond motifs is 3. The van der Waals surface area contributed by atoms with Crippen LogP contribution >= 0.6 is 0 Å². The Kier molecular flexibility index (Phi) is 8.65. The summed E-state index contributed by atoms with van der Waals surface area (Å²) in [5, 5.41) is 2.42. The molecule has 0 aliphatic heterocycles. The lowest BCUT2D eigenvalue weighted by molar-refractivity contribution is 0.569. The predicted octanol–water partition coefficient (Wildman–Crippen LogP) is 13.7. The maximum Gasteiger partial charge on any atom is 0.0736 e. The van der Waals surface area contributed by atoms with Crippen LogP contribution in [-0.4, -0.2) is 15.0 Å². The van der Waals surface area contributed by atoms with Crippen molar-refractivity contribution in [3.63, 3.8) is 0 Å². The molecule has 54 heavy (non-hydrogen) atoms. The number of rotatable bonds is 6. The smallest absolute Gasteiger partial charge is 0.0736 e. The summed E-state index contributed by atoms with van der Waals surface area (Å²) in [5.74, 6) is 0. The van der Waals surface area contributed by atoms with Crippen LogP contribution in [0.3, 0.4) is 0 Å². The van der Waals surface area contributed by atoms with Crippen molar-refractivity contribution in [3.05, 3.63) is 168 Å². The van der Waals surface area contributed by atoms with E-state index in [-0.39, 0.29) is 16.2 Å². The van der Waals surface area contributed by atoms with Gasteiger partial charge < -0.3 is 4.98 Å². The molecule has 0 bridgehead atoms. The van der Waals surface area contributed by atoms with E-state index in [1.165, 1.54) is 38.6 Å². The van der Waals surface area contributed by atoms with Crippen LogP contribution in [-0.2, 0) is 16.2 Å². The van der Waals surface area contributed by atoms with Gasteiger partial charge in [0.15, 0.2) is 0 Å². The topological polar surface area (TPSA) is 41.6 Å². The number of hydrogen-bond acceptors (Lipinski definition) is 2. The molecule has 8 rings (SSSR count). The molecule has 268 valence electrons. The molecule has 0 saturated heterocycles. The van der Waals surface area contributed by atoms with Crippen molar-refractivity contribution >= 4 is 21.8 Å². The number of aromatic nitrogens is 3. The number of H-pyrrole nitrogens is 1. The minimum absolute atomic E-state index is 0.0133. The summed E-state index contributed by atoms with van der Waals surface area (Å²) >= 11 is 0. The van der Waals surface area contributed by atoms with Crippen LogP contribution in [0, 0.1) is 0 Å². The van der Waals surface area contributed by atoms with E-state index in [4.69, 9.17) is 9.97 Å². The summed E-state index contributed by atoms with van der Waals surface area (Å²) in [6.45, 7) is 18.4. The lowest BCUT2D eigenvalue weighted by Crippen LogP contribution is -2.20. The summed E-state index contributed by atoms with van der Waals surface area (Å²) in [6, 6.07) is 50.7. The van der Waals surface area contributed by atoms with E-state index in [0.717, 1.165) is 50.4 Å². The fraction of sp³-hybridized carbons (Fsp3) is 0.216. The maximum absolute atomic E-state index is 5.56. The van der Waals surface area contributed by atoms with Gasteiger partial charge in [-0.3, -0.25) is 4.98 Å². The maximum atomic E-state index is 5.56. The van der Waals surface area contributed by atoms with Gasteiger partial charge in [-0.15, -0.1) is 0 Å². The largest absolute Gasteiger partial charge is 0.354 e. The predicted molar refractivity (Wildman–Crippen MR) is 229 cm³/mol. The number of nitrogens with one attached hydrogen (secondary N) is 1. The molecule has 0 saturated carbocycles. The first kappa shape index (κ1) is 35.2. The Balaban J connectivity index is 1.42. The van der Waals surface area contributed by atoms with Crippen molar-refractivity contribution in [2.24, 2.45) is 0 Å². The minimum atomic E-state index is -0.347. The van der Waals surface area contributed by atoms with Crippen molar-refractivity contribution < 1.29 is 0 Å². The van der Waals surface area contributed by atoms with Crippen molar-refractivity contribution in [1.82, 2.24) is 15.0 Å². The molecule has 3 heteroatoms. The van der Waals surface area contributed by atoms with Crippen LogP contribution in [0.15, 0.2) is 146 Å². The number of hydrogen-bond donors (Lipinski definition) is 1. The van der Waals surface area contributed by atoms with Crippen LogP contribution in [0.1, 0.15) is 77.8 Å². The average molecular weight is 704 g/mol. The van der Waals surface area contributed by atoms with Crippen molar-refractivity contribution in [2.75, 3.05) is 0 Å². The molecular formula is C51H49N3. The standard InChI is InChI=1S/C51H49N3/c1-49(2,3)38-26-35(27-39(32-38)50(4,5)6)36-30-45(53-46(31-36)43-21-16-20-42-41-19-12-13-22-44(41)54-48(42)43)37-25-34(33-17-10-9-11-18-33)28-40(29-37)51(7,8)47-23-14-15-24-52-47/h9-32,54H,1-8H3. The number of nitrogens with zero attached hydrogens (tertiary/aromatic N) is 2. The molecule has 0 aliphatic rings. The molecule has 0 amide bonds. The quantitative estimate of drug-likeness (QED) is 0.187. The van der Waals surface area contributed by atoms with Crippen molar-refractivity contribution in [3.8, 4) is 44.8 Å². The lowest BCUT2D eigenvalue weighted by atomic mass is 9.78. The van der Waals surface area contributed by atoms with Crippen LogP contribution in [0.4, 0.5) is 0 Å². The van der Waals surface area contributed by atoms with Crippen LogP contribution in [0.5, 0.6) is 0 Å². The van der Waals surface area contributed by atoms with E-state index in [0.29, 0.717) is 0 Å². The van der Waals surface area contributed by atoms with Crippen molar-refractivity contribution in [1.29, 1.82) is 0 Å². The summed E-state index contributed by atoms with van der Waals surface area (Å²) in [4.78, 5) is 14.1. The highest BCUT2D eigenvalue weighted by atomic mass is 14.8. The van der Waals surface area contributed by atoms with Crippen molar-refractivity contribution in [2.45, 2.75) is 71.6 Å². The second-order valence-corrected chi connectivity index (χ2v) is 17.3. The molecule has 0 spiro atoms. The molecule has 0 radical (unpaired) electrons. The van der Waals surface area contributed by atoms with Gasteiger partial charge in [0.1, 0.15) is 0 Å². The molecule has 5 aromatic carbocycles. The molecule has 0 atom stereocenters. The van der Waals surface area contributed by atoms with E-state index in [2.05, 4.69) is 194 Å². The number of aromatic amines is 1. The SMILES string of the molecule is CC(C)(C)c1cc(-c2cc(-c3cc(-c4ccccc4)cc(C(C)(C)c4ccccn4)c3)nc(-c3cccc4c3[nH]c3ccccc34)c2)cc(C(C)(C)C)c1. The monoisotopic (exact) mass is 703 g/mol. The van der Waals surface area contributed by atoms with Gasteiger partial charge >= 0.3 is 0 Å². The Morgan fingerprint density at radius 3 is 1.74 bits per heavy atom. The zero-order valence-corrected chi connectivity index (χ0v) is 32.8. The van der Waals surface area contributed by atoms with Gasteiger partial charge in [-0.1, -0.05) is 152 Å². The summed E-state index contributed by atoms with van der Waals surface area (Å²) in [7, 11) is 0. The molecule has 0 aliphatic carbocycles.